The molecule has 0 radical (unpaired) electrons. The second-order valence-electron chi connectivity index (χ2n) is 4.40. The Morgan fingerprint density at radius 1 is 1.39 bits per heavy atom. The minimum atomic E-state index is -0.760. The largest absolute Gasteiger partial charge is 0.409 e. The van der Waals surface area contributed by atoms with Crippen LogP contribution in [0.3, 0.4) is 0 Å². The molecule has 94 valence electrons. The van der Waals surface area contributed by atoms with Crippen molar-refractivity contribution in [3.05, 3.63) is 35.9 Å². The van der Waals surface area contributed by atoms with E-state index in [1.54, 1.807) is 13.8 Å². The molecular weight excluding hydrogens is 266 g/mol. The molecule has 0 fully saturated rings. The molecule has 0 bridgehead atoms. The zero-order valence-corrected chi connectivity index (χ0v) is 11.8. The Bertz CT molecular complexity index is 509. The lowest BCUT2D eigenvalue weighted by atomic mass is 10.1. The van der Waals surface area contributed by atoms with Gasteiger partial charge < -0.3 is 4.74 Å². The van der Waals surface area contributed by atoms with Gasteiger partial charge in [-0.25, -0.2) is 9.79 Å². The average molecular weight is 279 g/mol. The molecule has 5 heteroatoms. The van der Waals surface area contributed by atoms with E-state index in [9.17, 15) is 4.79 Å². The van der Waals surface area contributed by atoms with Gasteiger partial charge in [0.05, 0.1) is 9.95 Å². The Balaban J connectivity index is 1.94. The highest BCUT2D eigenvalue weighted by molar-refractivity contribution is 8.24. The summed E-state index contributed by atoms with van der Waals surface area (Å²) < 4.78 is 5.87. The van der Waals surface area contributed by atoms with Crippen molar-refractivity contribution in [2.24, 2.45) is 4.99 Å². The van der Waals surface area contributed by atoms with Crippen molar-refractivity contribution in [1.82, 2.24) is 0 Å². The van der Waals surface area contributed by atoms with E-state index in [0.29, 0.717) is 11.7 Å². The van der Waals surface area contributed by atoms with Gasteiger partial charge in [0.25, 0.3) is 0 Å². The number of carbonyl (C=O) groups excluding carboxylic acids is 1. The molecular formula is C13H13NO2S2. The Morgan fingerprint density at radius 3 is 2.61 bits per heavy atom. The molecule has 1 aliphatic rings. The first-order valence-electron chi connectivity index (χ1n) is 5.52. The standard InChI is InChI=1S/C13H13NO2S2/c1-13(2)12(15)16-10(14-13)8-18-11(17)9-6-4-3-5-7-9/h3-7H,8H2,1-2H3. The number of carbonyl (C=O) groups is 1. The Labute approximate surface area is 116 Å². The lowest BCUT2D eigenvalue weighted by Crippen LogP contribution is -2.25. The second-order valence-corrected chi connectivity index (χ2v) is 6.05. The van der Waals surface area contributed by atoms with Crippen LogP contribution in [-0.4, -0.2) is 27.4 Å². The number of hydrogen-bond donors (Lipinski definition) is 0. The third kappa shape index (κ3) is 2.97. The fraction of sp³-hybridized carbons (Fsp3) is 0.308. The molecule has 0 aliphatic carbocycles. The summed E-state index contributed by atoms with van der Waals surface area (Å²) in [6.45, 7) is 3.48. The first-order chi connectivity index (χ1) is 8.49. The average Bonchev–Trinajstić information content (AvgIpc) is 2.61. The highest BCUT2D eigenvalue weighted by Gasteiger charge is 2.36. The van der Waals surface area contributed by atoms with E-state index < -0.39 is 5.54 Å². The predicted molar refractivity (Wildman–Crippen MR) is 78.2 cm³/mol. The van der Waals surface area contributed by atoms with Crippen molar-refractivity contribution >= 4 is 40.0 Å². The SMILES string of the molecule is CC1(C)N=C(CSC(=S)c2ccccc2)OC1=O. The maximum atomic E-state index is 11.4. The molecule has 0 atom stereocenters. The topological polar surface area (TPSA) is 38.7 Å². The van der Waals surface area contributed by atoms with Crippen molar-refractivity contribution in [2.75, 3.05) is 5.75 Å². The van der Waals surface area contributed by atoms with E-state index in [-0.39, 0.29) is 5.97 Å². The van der Waals surface area contributed by atoms with Gasteiger partial charge in [-0.1, -0.05) is 42.5 Å². The van der Waals surface area contributed by atoms with Crippen molar-refractivity contribution in [3.8, 4) is 0 Å². The second kappa shape index (κ2) is 5.20. The minimum Gasteiger partial charge on any atom is -0.409 e. The van der Waals surface area contributed by atoms with Crippen LogP contribution in [0.25, 0.3) is 0 Å². The molecule has 1 heterocycles. The summed E-state index contributed by atoms with van der Waals surface area (Å²) in [5, 5.41) is 0. The third-order valence-electron chi connectivity index (χ3n) is 2.45. The van der Waals surface area contributed by atoms with Crippen LogP contribution in [0.1, 0.15) is 19.4 Å². The Hall–Kier alpha value is -1.20. The summed E-state index contributed by atoms with van der Waals surface area (Å²) in [5.41, 5.74) is 0.242. The summed E-state index contributed by atoms with van der Waals surface area (Å²) in [6, 6.07) is 9.75. The van der Waals surface area contributed by atoms with E-state index in [2.05, 4.69) is 4.99 Å². The van der Waals surface area contributed by atoms with Crippen LogP contribution in [-0.2, 0) is 9.53 Å². The third-order valence-corrected chi connectivity index (χ3v) is 3.93. The van der Waals surface area contributed by atoms with Crippen LogP contribution in [0.5, 0.6) is 0 Å². The number of hydrogen-bond acceptors (Lipinski definition) is 5. The monoisotopic (exact) mass is 279 g/mol. The van der Waals surface area contributed by atoms with Crippen LogP contribution in [0, 0.1) is 0 Å². The molecule has 0 saturated heterocycles. The lowest BCUT2D eigenvalue weighted by molar-refractivity contribution is -0.137. The summed E-state index contributed by atoms with van der Waals surface area (Å²) >= 11 is 6.76. The number of rotatable bonds is 3. The van der Waals surface area contributed by atoms with Gasteiger partial charge in [0, 0.05) is 0 Å². The van der Waals surface area contributed by atoms with Gasteiger partial charge >= 0.3 is 5.97 Å². The number of ether oxygens (including phenoxy) is 1. The fourth-order valence-electron chi connectivity index (χ4n) is 1.46. The molecule has 0 unspecified atom stereocenters. The van der Waals surface area contributed by atoms with Crippen LogP contribution < -0.4 is 0 Å². The van der Waals surface area contributed by atoms with Crippen LogP contribution >= 0.6 is 24.0 Å². The van der Waals surface area contributed by atoms with Crippen LogP contribution in [0.15, 0.2) is 35.3 Å². The van der Waals surface area contributed by atoms with E-state index in [1.165, 1.54) is 11.8 Å². The van der Waals surface area contributed by atoms with E-state index >= 15 is 0 Å². The van der Waals surface area contributed by atoms with Gasteiger partial charge in [-0.3, -0.25) is 0 Å². The molecule has 0 amide bonds. The van der Waals surface area contributed by atoms with Gasteiger partial charge in [-0.2, -0.15) is 0 Å². The number of thiocarbonyl (C=S) groups is 1. The summed E-state index contributed by atoms with van der Waals surface area (Å²) in [6.07, 6.45) is 0. The van der Waals surface area contributed by atoms with Gasteiger partial charge in [-0.15, -0.1) is 11.8 Å². The summed E-state index contributed by atoms with van der Waals surface area (Å²) in [7, 11) is 0. The maximum Gasteiger partial charge on any atom is 0.340 e. The molecule has 2 rings (SSSR count). The predicted octanol–water partition coefficient (Wildman–Crippen LogP) is 2.83. The Kier molecular flexibility index (Phi) is 3.82. The number of benzene rings is 1. The summed E-state index contributed by atoms with van der Waals surface area (Å²) in [5.74, 6) is 0.639. The first kappa shape index (κ1) is 13.2. The molecule has 0 saturated carbocycles. The van der Waals surface area contributed by atoms with Gasteiger partial charge in [0.2, 0.25) is 5.90 Å². The molecule has 0 N–H and O–H groups in total. The minimum absolute atomic E-state index is 0.302. The van der Waals surface area contributed by atoms with Gasteiger partial charge in [0.15, 0.2) is 5.54 Å². The lowest BCUT2D eigenvalue weighted by Gasteiger charge is -2.05. The van der Waals surface area contributed by atoms with E-state index in [0.717, 1.165) is 9.76 Å². The normalized spacial score (nSPS) is 17.2. The molecule has 1 aromatic rings. The van der Waals surface area contributed by atoms with Crippen molar-refractivity contribution in [1.29, 1.82) is 0 Å². The molecule has 0 aromatic heterocycles. The maximum absolute atomic E-state index is 11.4. The number of esters is 1. The fourth-order valence-corrected chi connectivity index (χ4v) is 2.45. The summed E-state index contributed by atoms with van der Waals surface area (Å²) in [4.78, 5) is 15.7. The number of aliphatic imine (C=N–C) groups is 1. The van der Waals surface area contributed by atoms with E-state index in [4.69, 9.17) is 17.0 Å². The van der Waals surface area contributed by atoms with Crippen LogP contribution in [0.2, 0.25) is 0 Å². The zero-order chi connectivity index (χ0) is 13.2. The van der Waals surface area contributed by atoms with Gasteiger partial charge in [0.1, 0.15) is 0 Å². The van der Waals surface area contributed by atoms with Crippen molar-refractivity contribution in [3.63, 3.8) is 0 Å². The quantitative estimate of drug-likeness (QED) is 0.630. The smallest absolute Gasteiger partial charge is 0.340 e. The molecule has 0 spiro atoms. The number of thioether (sulfide) groups is 1. The number of nitrogens with zero attached hydrogens (tertiary/aromatic N) is 1. The molecule has 3 nitrogen and oxygen atoms in total. The highest BCUT2D eigenvalue weighted by atomic mass is 32.2. The molecule has 1 aromatic carbocycles. The van der Waals surface area contributed by atoms with Crippen molar-refractivity contribution in [2.45, 2.75) is 19.4 Å². The van der Waals surface area contributed by atoms with Crippen molar-refractivity contribution < 1.29 is 9.53 Å². The number of cyclic esters (lactones) is 1. The van der Waals surface area contributed by atoms with E-state index in [1.807, 2.05) is 30.3 Å². The highest BCUT2D eigenvalue weighted by Crippen LogP contribution is 2.22. The first-order valence-corrected chi connectivity index (χ1v) is 6.91. The zero-order valence-electron chi connectivity index (χ0n) is 10.2. The molecule has 18 heavy (non-hydrogen) atoms. The Morgan fingerprint density at radius 2 is 2.06 bits per heavy atom. The van der Waals surface area contributed by atoms with Crippen LogP contribution in [0.4, 0.5) is 0 Å². The van der Waals surface area contributed by atoms with Gasteiger partial charge in [-0.05, 0) is 19.4 Å². The molecule has 1 aliphatic heterocycles.